The van der Waals surface area contributed by atoms with Crippen LogP contribution in [-0.2, 0) is 6.42 Å². The van der Waals surface area contributed by atoms with Gasteiger partial charge in [0.2, 0.25) is 0 Å². The van der Waals surface area contributed by atoms with Crippen LogP contribution in [-0.4, -0.2) is 87.9 Å². The molecule has 0 unspecified atom stereocenters. The van der Waals surface area contributed by atoms with Crippen molar-refractivity contribution in [3.63, 3.8) is 0 Å². The molecule has 0 aliphatic rings. The number of para-hydroxylation sites is 2. The number of hydrogen-bond donors (Lipinski definition) is 0. The lowest BCUT2D eigenvalue weighted by molar-refractivity contribution is 0.390. The van der Waals surface area contributed by atoms with Crippen molar-refractivity contribution >= 4 is 0 Å². The fourth-order valence-electron chi connectivity index (χ4n) is 6.76. The van der Waals surface area contributed by atoms with Crippen LogP contribution >= 0.6 is 0 Å². The topological polar surface area (TPSA) is 176 Å². The second kappa shape index (κ2) is 27.4. The van der Waals surface area contributed by atoms with E-state index in [1.54, 1.807) is 53.2 Å². The van der Waals surface area contributed by atoms with Gasteiger partial charge in [0.15, 0.2) is 23.3 Å². The zero-order chi connectivity index (χ0) is 52.2. The summed E-state index contributed by atoms with van der Waals surface area (Å²) in [6.07, 6.45) is 12.8. The van der Waals surface area contributed by atoms with Crippen molar-refractivity contribution in [2.24, 2.45) is 11.8 Å². The molecule has 18 heteroatoms. The van der Waals surface area contributed by atoms with Gasteiger partial charge in [-0.15, -0.1) is 20.4 Å². The van der Waals surface area contributed by atoms with Crippen LogP contribution in [0, 0.1) is 51.2 Å². The van der Waals surface area contributed by atoms with Crippen molar-refractivity contribution < 1.29 is 30.6 Å². The molecule has 6 aromatic heterocycles. The Kier molecular flexibility index (Phi) is 21.6. The number of hydrogen-bond acceptors (Lipinski definition) is 14. The van der Waals surface area contributed by atoms with Crippen LogP contribution in [0.2, 0.25) is 0 Å². The number of aromatic nitrogens is 12. The molecule has 0 spiro atoms. The van der Waals surface area contributed by atoms with Gasteiger partial charge in [0.25, 0.3) is 0 Å². The van der Waals surface area contributed by atoms with E-state index in [0.717, 1.165) is 51.7 Å². The average Bonchev–Trinajstić information content (AvgIpc) is 3.96. The van der Waals surface area contributed by atoms with Gasteiger partial charge in [-0.1, -0.05) is 60.6 Å². The molecule has 0 N–H and O–H groups in total. The first kappa shape index (κ1) is 55.8. The zero-order valence-corrected chi connectivity index (χ0v) is 43.4. The standard InChI is InChI=1S/2C17H18N4O2.C9H13FN2.C8H11FN2.C2H6.2H2/c2*1-11-8-13(10-18-9-11)17-20-19-12(2)21(17)16-14(22-3)6-5-7-15(16)23-4;1-6(2)7(3)9-11-4-8(10)5-12-9;1-6(2)3-8-10-4-7(9)5-11-8;1-2;;/h2*5-10H,1-4H3;4-7H,1-3H3;4-6H,3H2,1-2H3;1-2H3;2*1H/t;;7-;;;;/m..1..../s1. The van der Waals surface area contributed by atoms with E-state index in [2.05, 4.69) is 78.0 Å². The third-order valence-electron chi connectivity index (χ3n) is 10.5. The van der Waals surface area contributed by atoms with Gasteiger partial charge in [-0.3, -0.25) is 19.1 Å². The van der Waals surface area contributed by atoms with Gasteiger partial charge in [0, 0.05) is 51.1 Å². The maximum Gasteiger partial charge on any atom is 0.170 e. The predicted molar refractivity (Wildman–Crippen MR) is 276 cm³/mol. The first-order chi connectivity index (χ1) is 34.1. The van der Waals surface area contributed by atoms with E-state index >= 15 is 0 Å². The first-order valence-corrected chi connectivity index (χ1v) is 23.1. The highest BCUT2D eigenvalue weighted by molar-refractivity contribution is 5.66. The second-order valence-corrected chi connectivity index (χ2v) is 16.5. The number of halogens is 2. The average molecular weight is 977 g/mol. The molecule has 16 nitrogen and oxygen atoms in total. The van der Waals surface area contributed by atoms with Gasteiger partial charge in [-0.05, 0) is 87.1 Å². The SMILES string of the molecule is CC.CC(C)Cc1ncc(F)cn1.CC(C)[C@@H](C)c1ncc(F)cn1.COc1cccc(OC)c1-n1c(C)nnc1-c1cncc(C)c1.COc1cccc(OC)c1-n1c(C)nnc1-c1cncc(C)c1.[HH].[HH]. The summed E-state index contributed by atoms with van der Waals surface area (Å²) in [5, 5.41) is 17.1. The Morgan fingerprint density at radius 1 is 0.521 bits per heavy atom. The molecule has 8 rings (SSSR count). The molecule has 0 saturated carbocycles. The smallest absolute Gasteiger partial charge is 0.170 e. The van der Waals surface area contributed by atoms with Crippen LogP contribution in [0.1, 0.15) is 91.7 Å². The summed E-state index contributed by atoms with van der Waals surface area (Å²) < 4.78 is 50.6. The highest BCUT2D eigenvalue weighted by atomic mass is 19.1. The number of nitrogens with zero attached hydrogens (tertiary/aromatic N) is 12. The van der Waals surface area contributed by atoms with E-state index in [1.165, 1.54) is 24.8 Å². The molecule has 71 heavy (non-hydrogen) atoms. The largest absolute Gasteiger partial charge is 0.494 e. The Hall–Kier alpha value is -7.76. The van der Waals surface area contributed by atoms with Gasteiger partial charge < -0.3 is 18.9 Å². The maximum atomic E-state index is 12.4. The van der Waals surface area contributed by atoms with Crippen molar-refractivity contribution in [3.8, 4) is 57.1 Å². The Morgan fingerprint density at radius 2 is 0.887 bits per heavy atom. The van der Waals surface area contributed by atoms with Crippen LogP contribution in [0.25, 0.3) is 34.2 Å². The Morgan fingerprint density at radius 3 is 1.21 bits per heavy atom. The minimum Gasteiger partial charge on any atom is -0.494 e. The molecule has 0 aliphatic heterocycles. The van der Waals surface area contributed by atoms with Crippen LogP contribution in [0.3, 0.4) is 0 Å². The molecule has 2 aromatic carbocycles. The van der Waals surface area contributed by atoms with E-state index in [1.807, 2.05) is 106 Å². The Labute approximate surface area is 419 Å². The number of pyridine rings is 2. The van der Waals surface area contributed by atoms with Gasteiger partial charge >= 0.3 is 0 Å². The van der Waals surface area contributed by atoms with Gasteiger partial charge in [0.1, 0.15) is 57.7 Å². The van der Waals surface area contributed by atoms with Crippen LogP contribution < -0.4 is 18.9 Å². The van der Waals surface area contributed by atoms with Crippen molar-refractivity contribution in [2.45, 2.75) is 88.5 Å². The maximum absolute atomic E-state index is 12.4. The summed E-state index contributed by atoms with van der Waals surface area (Å²) in [7, 11) is 6.52. The van der Waals surface area contributed by atoms with E-state index in [0.29, 0.717) is 58.1 Å². The molecule has 0 amide bonds. The molecular formula is C53H70F2N12O4. The normalized spacial score (nSPS) is 10.9. The highest BCUT2D eigenvalue weighted by Crippen LogP contribution is 2.37. The van der Waals surface area contributed by atoms with Gasteiger partial charge in [-0.25, -0.2) is 28.7 Å². The molecule has 1 atom stereocenters. The molecule has 0 fully saturated rings. The number of aryl methyl sites for hydroxylation is 4. The summed E-state index contributed by atoms with van der Waals surface area (Å²) in [5.74, 6) is 7.57. The summed E-state index contributed by atoms with van der Waals surface area (Å²) in [5.41, 5.74) is 5.44. The molecule has 0 saturated heterocycles. The van der Waals surface area contributed by atoms with Crippen molar-refractivity contribution in [3.05, 3.63) is 144 Å². The third kappa shape index (κ3) is 15.1. The quantitative estimate of drug-likeness (QED) is 0.113. The summed E-state index contributed by atoms with van der Waals surface area (Å²) in [4.78, 5) is 24.0. The van der Waals surface area contributed by atoms with Crippen molar-refractivity contribution in [2.75, 3.05) is 28.4 Å². The lowest BCUT2D eigenvalue weighted by atomic mass is 9.97. The summed E-state index contributed by atoms with van der Waals surface area (Å²) in [6.45, 7) is 22.2. The minimum absolute atomic E-state index is 0. The molecule has 380 valence electrons. The van der Waals surface area contributed by atoms with Crippen LogP contribution in [0.15, 0.2) is 98.1 Å². The number of ether oxygens (including phenoxy) is 4. The molecule has 6 heterocycles. The van der Waals surface area contributed by atoms with E-state index in [4.69, 9.17) is 18.9 Å². The lowest BCUT2D eigenvalue weighted by Crippen LogP contribution is -2.06. The lowest BCUT2D eigenvalue weighted by Gasteiger charge is -2.16. The number of benzene rings is 2. The molecule has 0 aliphatic carbocycles. The summed E-state index contributed by atoms with van der Waals surface area (Å²) in [6, 6.07) is 15.4. The van der Waals surface area contributed by atoms with E-state index in [9.17, 15) is 8.78 Å². The van der Waals surface area contributed by atoms with Crippen molar-refractivity contribution in [1.82, 2.24) is 59.4 Å². The zero-order valence-electron chi connectivity index (χ0n) is 43.4. The highest BCUT2D eigenvalue weighted by Gasteiger charge is 2.22. The minimum atomic E-state index is -0.380. The van der Waals surface area contributed by atoms with Crippen molar-refractivity contribution in [1.29, 1.82) is 0 Å². The fourth-order valence-corrected chi connectivity index (χ4v) is 6.76. The molecule has 0 radical (unpaired) electrons. The van der Waals surface area contributed by atoms with Gasteiger partial charge in [0.05, 0.1) is 53.2 Å². The Bertz CT molecular complexity index is 2700. The van der Waals surface area contributed by atoms with Crippen LogP contribution in [0.4, 0.5) is 8.78 Å². The first-order valence-electron chi connectivity index (χ1n) is 23.1. The number of rotatable bonds is 12. The monoisotopic (exact) mass is 977 g/mol. The van der Waals surface area contributed by atoms with Crippen LogP contribution in [0.5, 0.6) is 23.0 Å². The third-order valence-corrected chi connectivity index (χ3v) is 10.5. The molecular weight excluding hydrogens is 907 g/mol. The summed E-state index contributed by atoms with van der Waals surface area (Å²) >= 11 is 0. The molecule has 0 bridgehead atoms. The van der Waals surface area contributed by atoms with E-state index < -0.39 is 0 Å². The second-order valence-electron chi connectivity index (χ2n) is 16.5. The van der Waals surface area contributed by atoms with Gasteiger partial charge in [-0.2, -0.15) is 0 Å². The van der Waals surface area contributed by atoms with E-state index in [-0.39, 0.29) is 20.4 Å². The Balaban J connectivity index is 0.000000342. The molecule has 8 aromatic rings. The fraction of sp³-hybridized carbons (Fsp3) is 0.358. The predicted octanol–water partition coefficient (Wildman–Crippen LogP) is 11.6. The number of methoxy groups -OCH3 is 4.